The number of pyridine rings is 1. The summed E-state index contributed by atoms with van der Waals surface area (Å²) in [6.07, 6.45) is -2.12. The predicted octanol–water partition coefficient (Wildman–Crippen LogP) is 0.681. The lowest BCUT2D eigenvalue weighted by Crippen LogP contribution is -2.21. The summed E-state index contributed by atoms with van der Waals surface area (Å²) in [4.78, 5) is 24.2. The van der Waals surface area contributed by atoms with E-state index in [1.165, 1.54) is 0 Å². The summed E-state index contributed by atoms with van der Waals surface area (Å²) in [5.41, 5.74) is 2.43. The first-order valence-electron chi connectivity index (χ1n) is 3.86. The van der Waals surface area contributed by atoms with Gasteiger partial charge in [0.15, 0.2) is 0 Å². The quantitative estimate of drug-likeness (QED) is 0.715. The molecular formula is C8H8F2N2O3. The number of rotatable bonds is 2. The molecule has 0 aliphatic carbocycles. The van der Waals surface area contributed by atoms with E-state index in [2.05, 4.69) is 4.74 Å². The van der Waals surface area contributed by atoms with Gasteiger partial charge in [0, 0.05) is 6.20 Å². The van der Waals surface area contributed by atoms with Crippen LogP contribution in [0.2, 0.25) is 0 Å². The number of carbonyl (C=O) groups excluding carboxylic acids is 1. The van der Waals surface area contributed by atoms with Gasteiger partial charge in [-0.2, -0.15) is 0 Å². The Balaban J connectivity index is 3.52. The molecule has 0 unspecified atom stereocenters. The number of nitrogen functional groups attached to an aromatic ring is 1. The van der Waals surface area contributed by atoms with Gasteiger partial charge in [0.1, 0.15) is 0 Å². The zero-order chi connectivity index (χ0) is 11.6. The van der Waals surface area contributed by atoms with Gasteiger partial charge < -0.3 is 15.5 Å². The number of carbonyl (C=O) groups is 1. The Morgan fingerprint density at radius 2 is 2.20 bits per heavy atom. The molecule has 0 fully saturated rings. The molecule has 0 aliphatic rings. The van der Waals surface area contributed by atoms with Crippen LogP contribution in [-0.2, 0) is 4.74 Å². The van der Waals surface area contributed by atoms with E-state index >= 15 is 0 Å². The first-order chi connectivity index (χ1) is 6.99. The summed E-state index contributed by atoms with van der Waals surface area (Å²) in [5.74, 6) is -1.06. The molecule has 7 heteroatoms. The van der Waals surface area contributed by atoms with Crippen LogP contribution in [0.25, 0.3) is 0 Å². The van der Waals surface area contributed by atoms with E-state index in [1.807, 2.05) is 4.98 Å². The minimum absolute atomic E-state index is 0.253. The van der Waals surface area contributed by atoms with Crippen LogP contribution < -0.4 is 11.3 Å². The topological polar surface area (TPSA) is 85.2 Å². The van der Waals surface area contributed by atoms with Gasteiger partial charge in [-0.25, -0.2) is 13.6 Å². The number of aromatic nitrogens is 1. The molecule has 0 saturated heterocycles. The number of hydrogen-bond donors (Lipinski definition) is 2. The third-order valence-corrected chi connectivity index (χ3v) is 1.77. The van der Waals surface area contributed by atoms with Gasteiger partial charge >= 0.3 is 5.97 Å². The smallest absolute Gasteiger partial charge is 0.340 e. The van der Waals surface area contributed by atoms with Crippen LogP contribution in [0.3, 0.4) is 0 Å². The highest BCUT2D eigenvalue weighted by Gasteiger charge is 2.25. The first kappa shape index (κ1) is 11.2. The summed E-state index contributed by atoms with van der Waals surface area (Å²) in [5, 5.41) is 0. The largest absolute Gasteiger partial charge is 0.465 e. The molecule has 15 heavy (non-hydrogen) atoms. The van der Waals surface area contributed by atoms with Crippen LogP contribution in [0.4, 0.5) is 14.5 Å². The van der Waals surface area contributed by atoms with Crippen molar-refractivity contribution in [3.8, 4) is 0 Å². The molecule has 0 amide bonds. The highest BCUT2D eigenvalue weighted by molar-refractivity contribution is 5.96. The molecule has 0 atom stereocenters. The van der Waals surface area contributed by atoms with E-state index in [4.69, 9.17) is 5.73 Å². The van der Waals surface area contributed by atoms with Gasteiger partial charge in [0.05, 0.1) is 23.9 Å². The number of ether oxygens (including phenoxy) is 1. The number of nitrogens with two attached hydrogens (primary N) is 1. The Bertz CT molecular complexity index is 442. The number of nitrogens with one attached hydrogen (secondary N) is 1. The van der Waals surface area contributed by atoms with Crippen molar-refractivity contribution in [2.75, 3.05) is 12.8 Å². The Morgan fingerprint density at radius 3 is 2.67 bits per heavy atom. The van der Waals surface area contributed by atoms with Crippen molar-refractivity contribution >= 4 is 11.7 Å². The Kier molecular flexibility index (Phi) is 3.03. The maximum atomic E-state index is 12.5. The number of alkyl halides is 2. The van der Waals surface area contributed by atoms with Crippen molar-refractivity contribution in [3.05, 3.63) is 27.7 Å². The standard InChI is InChI=1S/C8H8F2N2O3/c1-15-8(14)4-3(11)2-12-7(13)5(4)6(9)10/h2,6H,11H2,1H3,(H,12,13). The van der Waals surface area contributed by atoms with E-state index in [0.29, 0.717) is 0 Å². The molecule has 1 heterocycles. The van der Waals surface area contributed by atoms with E-state index in [9.17, 15) is 18.4 Å². The number of anilines is 1. The van der Waals surface area contributed by atoms with Gasteiger partial charge in [0.25, 0.3) is 12.0 Å². The molecule has 0 saturated carbocycles. The number of esters is 1. The average Bonchev–Trinajstić information content (AvgIpc) is 2.19. The maximum Gasteiger partial charge on any atom is 0.340 e. The molecule has 0 bridgehead atoms. The molecule has 1 rings (SSSR count). The lowest BCUT2D eigenvalue weighted by Gasteiger charge is -2.08. The Labute approximate surface area is 82.9 Å². The highest BCUT2D eigenvalue weighted by atomic mass is 19.3. The molecule has 3 N–H and O–H groups in total. The van der Waals surface area contributed by atoms with Gasteiger partial charge in [-0.1, -0.05) is 0 Å². The molecule has 1 aromatic heterocycles. The molecule has 0 aromatic carbocycles. The molecule has 0 spiro atoms. The normalized spacial score (nSPS) is 10.4. The molecule has 5 nitrogen and oxygen atoms in total. The van der Waals surface area contributed by atoms with Gasteiger partial charge in [0.2, 0.25) is 0 Å². The summed E-state index contributed by atoms with van der Waals surface area (Å²) >= 11 is 0. The second-order valence-corrected chi connectivity index (χ2v) is 2.65. The van der Waals surface area contributed by atoms with Gasteiger partial charge in [-0.3, -0.25) is 4.79 Å². The molecule has 0 aliphatic heterocycles. The summed E-state index contributed by atoms with van der Waals surface area (Å²) in [7, 11) is 1.01. The SMILES string of the molecule is COC(=O)c1c(N)c[nH]c(=O)c1C(F)F. The minimum atomic E-state index is -3.09. The number of aromatic amines is 1. The molecule has 0 radical (unpaired) electrons. The van der Waals surface area contributed by atoms with Gasteiger partial charge in [-0.15, -0.1) is 0 Å². The van der Waals surface area contributed by atoms with Crippen LogP contribution in [-0.4, -0.2) is 18.1 Å². The fourth-order valence-electron chi connectivity index (χ4n) is 1.10. The monoisotopic (exact) mass is 218 g/mol. The van der Waals surface area contributed by atoms with Crippen molar-refractivity contribution in [1.82, 2.24) is 4.98 Å². The third-order valence-electron chi connectivity index (χ3n) is 1.77. The second-order valence-electron chi connectivity index (χ2n) is 2.65. The first-order valence-corrected chi connectivity index (χ1v) is 3.86. The lowest BCUT2D eigenvalue weighted by atomic mass is 10.1. The summed E-state index contributed by atoms with van der Waals surface area (Å²) in [6.45, 7) is 0. The van der Waals surface area contributed by atoms with Crippen molar-refractivity contribution in [3.63, 3.8) is 0 Å². The van der Waals surface area contributed by atoms with Crippen LogP contribution in [0.15, 0.2) is 11.0 Å². The Morgan fingerprint density at radius 1 is 1.60 bits per heavy atom. The van der Waals surface area contributed by atoms with Gasteiger partial charge in [-0.05, 0) is 0 Å². The van der Waals surface area contributed by atoms with Crippen LogP contribution in [0.5, 0.6) is 0 Å². The van der Waals surface area contributed by atoms with E-state index in [0.717, 1.165) is 13.3 Å². The Hall–Kier alpha value is -1.92. The van der Waals surface area contributed by atoms with Crippen LogP contribution >= 0.6 is 0 Å². The van der Waals surface area contributed by atoms with Crippen molar-refractivity contribution < 1.29 is 18.3 Å². The number of halogens is 2. The third kappa shape index (κ3) is 1.95. The minimum Gasteiger partial charge on any atom is -0.465 e. The zero-order valence-corrected chi connectivity index (χ0v) is 7.71. The number of methoxy groups -OCH3 is 1. The van der Waals surface area contributed by atoms with Crippen molar-refractivity contribution in [2.45, 2.75) is 6.43 Å². The van der Waals surface area contributed by atoms with E-state index < -0.39 is 29.1 Å². The van der Waals surface area contributed by atoms with E-state index in [1.54, 1.807) is 0 Å². The molecular weight excluding hydrogens is 210 g/mol. The predicted molar refractivity (Wildman–Crippen MR) is 47.8 cm³/mol. The van der Waals surface area contributed by atoms with E-state index in [-0.39, 0.29) is 5.69 Å². The van der Waals surface area contributed by atoms with Crippen LogP contribution in [0.1, 0.15) is 22.3 Å². The number of H-pyrrole nitrogens is 1. The maximum absolute atomic E-state index is 12.5. The summed E-state index contributed by atoms with van der Waals surface area (Å²) < 4.78 is 29.2. The van der Waals surface area contributed by atoms with Crippen molar-refractivity contribution in [2.24, 2.45) is 0 Å². The van der Waals surface area contributed by atoms with Crippen LogP contribution in [0, 0.1) is 0 Å². The molecule has 82 valence electrons. The average molecular weight is 218 g/mol. The molecule has 1 aromatic rings. The number of hydrogen-bond acceptors (Lipinski definition) is 4. The van der Waals surface area contributed by atoms with Crippen molar-refractivity contribution in [1.29, 1.82) is 0 Å². The summed E-state index contributed by atoms with van der Waals surface area (Å²) in [6, 6.07) is 0. The zero-order valence-electron chi connectivity index (χ0n) is 7.71. The fraction of sp³-hybridized carbons (Fsp3) is 0.250. The second kappa shape index (κ2) is 4.07. The lowest BCUT2D eigenvalue weighted by molar-refractivity contribution is 0.0590. The fourth-order valence-corrected chi connectivity index (χ4v) is 1.10. The highest BCUT2D eigenvalue weighted by Crippen LogP contribution is 2.23.